The van der Waals surface area contributed by atoms with Gasteiger partial charge in [-0.25, -0.2) is 17.6 Å². The molecule has 0 radical (unpaired) electrons. The Bertz CT molecular complexity index is 586. The SMILES string of the molecule is O=C(O)C1CN(S(=O)(=O)Cc2ccc(F)cc2)CCO1. The van der Waals surface area contributed by atoms with Crippen molar-refractivity contribution in [2.24, 2.45) is 0 Å². The Labute approximate surface area is 115 Å². The quantitative estimate of drug-likeness (QED) is 0.872. The van der Waals surface area contributed by atoms with E-state index in [4.69, 9.17) is 9.84 Å². The second kappa shape index (κ2) is 5.86. The molecule has 2 rings (SSSR count). The van der Waals surface area contributed by atoms with Gasteiger partial charge in [-0.1, -0.05) is 12.1 Å². The van der Waals surface area contributed by atoms with Crippen molar-refractivity contribution in [2.45, 2.75) is 11.9 Å². The van der Waals surface area contributed by atoms with Gasteiger partial charge in [-0.2, -0.15) is 4.31 Å². The van der Waals surface area contributed by atoms with Crippen molar-refractivity contribution < 1.29 is 27.4 Å². The van der Waals surface area contributed by atoms with Gasteiger partial charge in [0.1, 0.15) is 5.82 Å². The van der Waals surface area contributed by atoms with Crippen molar-refractivity contribution >= 4 is 16.0 Å². The molecule has 1 aromatic rings. The van der Waals surface area contributed by atoms with Crippen LogP contribution in [0.25, 0.3) is 0 Å². The molecule has 0 amide bonds. The first-order valence-electron chi connectivity index (χ1n) is 5.95. The number of ether oxygens (including phenoxy) is 1. The van der Waals surface area contributed by atoms with E-state index >= 15 is 0 Å². The smallest absolute Gasteiger partial charge is 0.334 e. The molecule has 0 spiro atoms. The Kier molecular flexibility index (Phi) is 4.36. The number of carboxylic acid groups (broad SMARTS) is 1. The summed E-state index contributed by atoms with van der Waals surface area (Å²) in [7, 11) is -3.65. The van der Waals surface area contributed by atoms with Gasteiger partial charge in [0.15, 0.2) is 6.10 Å². The van der Waals surface area contributed by atoms with Crippen molar-refractivity contribution in [3.63, 3.8) is 0 Å². The average molecular weight is 303 g/mol. The number of aliphatic carboxylic acids is 1. The Balaban J connectivity index is 2.09. The highest BCUT2D eigenvalue weighted by molar-refractivity contribution is 7.88. The molecule has 0 aliphatic carbocycles. The summed E-state index contributed by atoms with van der Waals surface area (Å²) in [4.78, 5) is 10.8. The largest absolute Gasteiger partial charge is 0.479 e. The van der Waals surface area contributed by atoms with Gasteiger partial charge in [-0.05, 0) is 17.7 Å². The van der Waals surface area contributed by atoms with Gasteiger partial charge >= 0.3 is 5.97 Å². The number of nitrogens with zero attached hydrogens (tertiary/aromatic N) is 1. The van der Waals surface area contributed by atoms with Crippen LogP contribution in [0.3, 0.4) is 0 Å². The zero-order chi connectivity index (χ0) is 14.8. The van der Waals surface area contributed by atoms with Gasteiger partial charge in [0.25, 0.3) is 0 Å². The van der Waals surface area contributed by atoms with Crippen molar-refractivity contribution in [3.8, 4) is 0 Å². The molecule has 0 bridgehead atoms. The molecule has 8 heteroatoms. The summed E-state index contributed by atoms with van der Waals surface area (Å²) in [5, 5.41) is 8.85. The second-order valence-corrected chi connectivity index (χ2v) is 6.41. The summed E-state index contributed by atoms with van der Waals surface area (Å²) in [6, 6.07) is 5.15. The van der Waals surface area contributed by atoms with Gasteiger partial charge in [0.2, 0.25) is 10.0 Å². The standard InChI is InChI=1S/C12H14FNO5S/c13-10-3-1-9(2-4-10)8-20(17,18)14-5-6-19-11(7-14)12(15)16/h1-4,11H,5-8H2,(H,15,16). The number of benzene rings is 1. The van der Waals surface area contributed by atoms with E-state index in [0.717, 1.165) is 4.31 Å². The van der Waals surface area contributed by atoms with Crippen LogP contribution in [0.2, 0.25) is 0 Å². The third-order valence-corrected chi connectivity index (χ3v) is 4.78. The van der Waals surface area contributed by atoms with Crippen LogP contribution in [-0.2, 0) is 25.3 Å². The van der Waals surface area contributed by atoms with Crippen LogP contribution in [0.15, 0.2) is 24.3 Å². The molecule has 1 aliphatic rings. The van der Waals surface area contributed by atoms with Gasteiger partial charge in [-0.3, -0.25) is 0 Å². The maximum absolute atomic E-state index is 12.8. The molecule has 110 valence electrons. The minimum atomic E-state index is -3.65. The number of halogens is 1. The molecule has 1 heterocycles. The highest BCUT2D eigenvalue weighted by Crippen LogP contribution is 2.15. The van der Waals surface area contributed by atoms with E-state index in [9.17, 15) is 17.6 Å². The Morgan fingerprint density at radius 2 is 2.05 bits per heavy atom. The van der Waals surface area contributed by atoms with E-state index in [1.54, 1.807) is 0 Å². The van der Waals surface area contributed by atoms with Crippen molar-refractivity contribution in [1.29, 1.82) is 0 Å². The summed E-state index contributed by atoms with van der Waals surface area (Å²) < 4.78 is 43.2. The van der Waals surface area contributed by atoms with Crippen molar-refractivity contribution in [2.75, 3.05) is 19.7 Å². The topological polar surface area (TPSA) is 83.9 Å². The average Bonchev–Trinajstić information content (AvgIpc) is 2.41. The van der Waals surface area contributed by atoms with Crippen LogP contribution in [0.4, 0.5) is 4.39 Å². The van der Waals surface area contributed by atoms with E-state index in [1.807, 2.05) is 0 Å². The number of carbonyl (C=O) groups is 1. The number of morpholine rings is 1. The molecular formula is C12H14FNO5S. The van der Waals surface area contributed by atoms with Crippen molar-refractivity contribution in [1.82, 2.24) is 4.31 Å². The fourth-order valence-electron chi connectivity index (χ4n) is 1.91. The molecule has 1 aromatic carbocycles. The summed E-state index contributed by atoms with van der Waals surface area (Å²) in [5.41, 5.74) is 0.449. The van der Waals surface area contributed by atoms with Crippen LogP contribution < -0.4 is 0 Å². The number of sulfonamides is 1. The summed E-state index contributed by atoms with van der Waals surface area (Å²) in [6.07, 6.45) is -1.15. The van der Waals surface area contributed by atoms with E-state index in [-0.39, 0.29) is 25.4 Å². The first-order valence-corrected chi connectivity index (χ1v) is 7.56. The molecule has 0 aromatic heterocycles. The summed E-state index contributed by atoms with van der Waals surface area (Å²) in [5.74, 6) is -1.92. The molecule has 6 nitrogen and oxygen atoms in total. The lowest BCUT2D eigenvalue weighted by molar-refractivity contribution is -0.153. The third kappa shape index (κ3) is 3.53. The van der Waals surface area contributed by atoms with Crippen LogP contribution in [0, 0.1) is 5.82 Å². The van der Waals surface area contributed by atoms with E-state index in [1.165, 1.54) is 24.3 Å². The lowest BCUT2D eigenvalue weighted by Gasteiger charge is -2.30. The van der Waals surface area contributed by atoms with Gasteiger partial charge in [-0.15, -0.1) is 0 Å². The molecule has 1 atom stereocenters. The predicted molar refractivity (Wildman–Crippen MR) is 68.0 cm³/mol. The summed E-state index contributed by atoms with van der Waals surface area (Å²) >= 11 is 0. The predicted octanol–water partition coefficient (Wildman–Crippen LogP) is 0.441. The number of carboxylic acids is 1. The maximum Gasteiger partial charge on any atom is 0.334 e. The second-order valence-electron chi connectivity index (χ2n) is 4.44. The highest BCUT2D eigenvalue weighted by Gasteiger charge is 2.32. The fourth-order valence-corrected chi connectivity index (χ4v) is 3.42. The zero-order valence-electron chi connectivity index (χ0n) is 10.5. The van der Waals surface area contributed by atoms with Crippen LogP contribution >= 0.6 is 0 Å². The molecule has 1 unspecified atom stereocenters. The molecule has 1 aliphatic heterocycles. The highest BCUT2D eigenvalue weighted by atomic mass is 32.2. The first-order chi connectivity index (χ1) is 9.38. The van der Waals surface area contributed by atoms with E-state index in [0.29, 0.717) is 5.56 Å². The van der Waals surface area contributed by atoms with Gasteiger partial charge in [0, 0.05) is 6.54 Å². The molecule has 0 saturated carbocycles. The number of rotatable bonds is 4. The fraction of sp³-hybridized carbons (Fsp3) is 0.417. The number of hydrogen-bond acceptors (Lipinski definition) is 4. The molecule has 1 fully saturated rings. The van der Waals surface area contributed by atoms with Crippen LogP contribution in [0.1, 0.15) is 5.56 Å². The van der Waals surface area contributed by atoms with E-state index in [2.05, 4.69) is 0 Å². The minimum absolute atomic E-state index is 0.0413. The molecule has 20 heavy (non-hydrogen) atoms. The van der Waals surface area contributed by atoms with Crippen LogP contribution in [0.5, 0.6) is 0 Å². The summed E-state index contributed by atoms with van der Waals surface area (Å²) in [6.45, 7) is -0.0498. The van der Waals surface area contributed by atoms with Crippen LogP contribution in [-0.4, -0.2) is 49.6 Å². The molecule has 1 saturated heterocycles. The van der Waals surface area contributed by atoms with Gasteiger partial charge in [0.05, 0.1) is 18.9 Å². The van der Waals surface area contributed by atoms with Gasteiger partial charge < -0.3 is 9.84 Å². The monoisotopic (exact) mass is 303 g/mol. The lowest BCUT2D eigenvalue weighted by Crippen LogP contribution is -2.48. The first kappa shape index (κ1) is 14.9. The Morgan fingerprint density at radius 3 is 2.65 bits per heavy atom. The lowest BCUT2D eigenvalue weighted by atomic mass is 10.2. The Morgan fingerprint density at radius 1 is 1.40 bits per heavy atom. The maximum atomic E-state index is 12.8. The minimum Gasteiger partial charge on any atom is -0.479 e. The van der Waals surface area contributed by atoms with E-state index < -0.39 is 27.9 Å². The number of hydrogen-bond donors (Lipinski definition) is 1. The van der Waals surface area contributed by atoms with Crippen molar-refractivity contribution in [3.05, 3.63) is 35.6 Å². The Hall–Kier alpha value is -1.51. The molecule has 1 N–H and O–H groups in total. The zero-order valence-corrected chi connectivity index (χ0v) is 11.3. The third-order valence-electron chi connectivity index (χ3n) is 2.96. The molecular weight excluding hydrogens is 289 g/mol. The normalized spacial score (nSPS) is 20.8.